The van der Waals surface area contributed by atoms with E-state index in [9.17, 15) is 19.5 Å². The van der Waals surface area contributed by atoms with Crippen LogP contribution in [-0.4, -0.2) is 58.3 Å². The standard InChI is InChI=1S/C19H24O7/c1-9(2)10-4-11(20)6-13-12(21)7-18(3,25-13)8-14-16-19(26-16,15(22)5-10)17(23)24-14/h10,13-16,22H,1,4-8H2,2-3H3. The van der Waals surface area contributed by atoms with E-state index in [-0.39, 0.29) is 43.2 Å². The fourth-order valence-electron chi connectivity index (χ4n) is 4.64. The molecule has 142 valence electrons. The highest BCUT2D eigenvalue weighted by Crippen LogP contribution is 2.53. The number of carbonyl (C=O) groups excluding carboxylic acids is 3. The van der Waals surface area contributed by atoms with Crippen LogP contribution in [0, 0.1) is 5.92 Å². The molecule has 4 heterocycles. The highest BCUT2D eigenvalue weighted by atomic mass is 16.7. The third-order valence-electron chi connectivity index (χ3n) is 6.16. The van der Waals surface area contributed by atoms with Gasteiger partial charge in [0.05, 0.1) is 11.7 Å². The Kier molecular flexibility index (Phi) is 3.92. The lowest BCUT2D eigenvalue weighted by molar-refractivity contribution is -0.162. The molecule has 4 aliphatic heterocycles. The Labute approximate surface area is 151 Å². The zero-order valence-electron chi connectivity index (χ0n) is 15.0. The van der Waals surface area contributed by atoms with Crippen LogP contribution in [0.3, 0.4) is 0 Å². The number of Topliss-reactive ketones (excluding diaryl/α,β-unsaturated/α-hetero) is 2. The summed E-state index contributed by atoms with van der Waals surface area (Å²) in [4.78, 5) is 37.2. The fourth-order valence-corrected chi connectivity index (χ4v) is 4.64. The monoisotopic (exact) mass is 364 g/mol. The quantitative estimate of drug-likeness (QED) is 0.418. The van der Waals surface area contributed by atoms with E-state index in [1.54, 1.807) is 13.8 Å². The molecule has 7 atom stereocenters. The second kappa shape index (κ2) is 5.71. The van der Waals surface area contributed by atoms with Crippen molar-refractivity contribution in [2.75, 3.05) is 0 Å². The van der Waals surface area contributed by atoms with Crippen molar-refractivity contribution in [2.24, 2.45) is 5.92 Å². The number of esters is 1. The summed E-state index contributed by atoms with van der Waals surface area (Å²) in [5.74, 6) is -1.08. The molecule has 0 aromatic rings. The highest BCUT2D eigenvalue weighted by Gasteiger charge is 2.77. The van der Waals surface area contributed by atoms with E-state index in [0.29, 0.717) is 6.42 Å². The molecule has 0 radical (unpaired) electrons. The van der Waals surface area contributed by atoms with Crippen LogP contribution in [0.5, 0.6) is 0 Å². The molecule has 7 heteroatoms. The summed E-state index contributed by atoms with van der Waals surface area (Å²) in [5.41, 5.74) is -1.41. The van der Waals surface area contributed by atoms with E-state index >= 15 is 0 Å². The maximum Gasteiger partial charge on any atom is 0.344 e. The molecule has 7 unspecified atom stereocenters. The largest absolute Gasteiger partial charge is 0.457 e. The van der Waals surface area contributed by atoms with Gasteiger partial charge in [0.1, 0.15) is 24.1 Å². The number of aliphatic hydroxyl groups excluding tert-OH is 1. The van der Waals surface area contributed by atoms with Crippen molar-refractivity contribution >= 4 is 17.5 Å². The smallest absolute Gasteiger partial charge is 0.344 e. The highest BCUT2D eigenvalue weighted by molar-refractivity contribution is 5.92. The molecule has 1 N–H and O–H groups in total. The number of epoxide rings is 1. The number of carbonyl (C=O) groups is 3. The van der Waals surface area contributed by atoms with Gasteiger partial charge in [0, 0.05) is 25.7 Å². The zero-order valence-corrected chi connectivity index (χ0v) is 15.0. The lowest BCUT2D eigenvalue weighted by atomic mass is 9.83. The number of aliphatic hydroxyl groups is 1. The Hall–Kier alpha value is -1.57. The minimum atomic E-state index is -1.35. The average molecular weight is 364 g/mol. The van der Waals surface area contributed by atoms with Gasteiger partial charge in [0.15, 0.2) is 5.78 Å². The molecule has 0 aromatic carbocycles. The lowest BCUT2D eigenvalue weighted by Crippen LogP contribution is -2.39. The molecule has 4 rings (SSSR count). The molecule has 0 saturated carbocycles. The average Bonchev–Trinajstić information content (AvgIpc) is 3.15. The minimum absolute atomic E-state index is 0.0316. The first kappa shape index (κ1) is 17.8. The first-order valence-corrected chi connectivity index (χ1v) is 9.09. The molecule has 4 aliphatic rings. The summed E-state index contributed by atoms with van der Waals surface area (Å²) >= 11 is 0. The molecule has 0 spiro atoms. The summed E-state index contributed by atoms with van der Waals surface area (Å²) < 4.78 is 17.0. The van der Waals surface area contributed by atoms with E-state index in [1.807, 2.05) is 0 Å². The number of allylic oxidation sites excluding steroid dienone is 1. The van der Waals surface area contributed by atoms with Gasteiger partial charge in [-0.25, -0.2) is 4.79 Å². The Morgan fingerprint density at radius 3 is 2.62 bits per heavy atom. The maximum atomic E-state index is 12.5. The molecule has 7 nitrogen and oxygen atoms in total. The van der Waals surface area contributed by atoms with Gasteiger partial charge in [0.2, 0.25) is 5.60 Å². The molecular weight excluding hydrogens is 340 g/mol. The summed E-state index contributed by atoms with van der Waals surface area (Å²) in [6.07, 6.45) is -2.08. The van der Waals surface area contributed by atoms with Crippen molar-refractivity contribution in [3.05, 3.63) is 12.2 Å². The van der Waals surface area contributed by atoms with Crippen molar-refractivity contribution in [3.8, 4) is 0 Å². The third kappa shape index (κ3) is 2.64. The van der Waals surface area contributed by atoms with E-state index in [4.69, 9.17) is 14.2 Å². The Bertz CT molecular complexity index is 700. The molecule has 26 heavy (non-hydrogen) atoms. The maximum absolute atomic E-state index is 12.5. The predicted molar refractivity (Wildman–Crippen MR) is 88.2 cm³/mol. The topological polar surface area (TPSA) is 102 Å². The number of rotatable bonds is 1. The second-order valence-electron chi connectivity index (χ2n) is 8.42. The minimum Gasteiger partial charge on any atom is -0.457 e. The van der Waals surface area contributed by atoms with Crippen molar-refractivity contribution in [1.82, 2.24) is 0 Å². The third-order valence-corrected chi connectivity index (χ3v) is 6.16. The number of hydrogen-bond acceptors (Lipinski definition) is 7. The number of fused-ring (bicyclic) bond motifs is 2. The lowest BCUT2D eigenvalue weighted by Gasteiger charge is -2.27. The van der Waals surface area contributed by atoms with Crippen LogP contribution in [0.25, 0.3) is 0 Å². The normalized spacial score (nSPS) is 48.1. The zero-order chi connectivity index (χ0) is 18.9. The van der Waals surface area contributed by atoms with Crippen molar-refractivity contribution < 1.29 is 33.7 Å². The Morgan fingerprint density at radius 2 is 1.96 bits per heavy atom. The molecule has 0 amide bonds. The summed E-state index contributed by atoms with van der Waals surface area (Å²) in [6.45, 7) is 7.48. The van der Waals surface area contributed by atoms with E-state index in [2.05, 4.69) is 6.58 Å². The van der Waals surface area contributed by atoms with Crippen molar-refractivity contribution in [3.63, 3.8) is 0 Å². The fraction of sp³-hybridized carbons (Fsp3) is 0.737. The molecule has 4 fully saturated rings. The Morgan fingerprint density at radius 1 is 1.23 bits per heavy atom. The first-order valence-electron chi connectivity index (χ1n) is 9.09. The van der Waals surface area contributed by atoms with Crippen LogP contribution in [0.15, 0.2) is 12.2 Å². The molecule has 0 aromatic heterocycles. The van der Waals surface area contributed by atoms with Crippen LogP contribution >= 0.6 is 0 Å². The first-order chi connectivity index (χ1) is 12.1. The van der Waals surface area contributed by atoms with Crippen LogP contribution in [0.4, 0.5) is 0 Å². The number of ether oxygens (including phenoxy) is 3. The van der Waals surface area contributed by atoms with Gasteiger partial charge in [-0.2, -0.15) is 0 Å². The van der Waals surface area contributed by atoms with Crippen LogP contribution in [-0.2, 0) is 28.6 Å². The van der Waals surface area contributed by atoms with Crippen molar-refractivity contribution in [1.29, 1.82) is 0 Å². The van der Waals surface area contributed by atoms with Crippen LogP contribution < -0.4 is 0 Å². The van der Waals surface area contributed by atoms with Gasteiger partial charge in [-0.15, -0.1) is 0 Å². The van der Waals surface area contributed by atoms with E-state index in [0.717, 1.165) is 5.57 Å². The predicted octanol–water partition coefficient (Wildman–Crippen LogP) is 0.862. The van der Waals surface area contributed by atoms with Crippen LogP contribution in [0.1, 0.15) is 46.0 Å². The van der Waals surface area contributed by atoms with Gasteiger partial charge in [-0.05, 0) is 26.2 Å². The molecule has 0 aliphatic carbocycles. The summed E-state index contributed by atoms with van der Waals surface area (Å²) in [7, 11) is 0. The second-order valence-corrected chi connectivity index (χ2v) is 8.42. The van der Waals surface area contributed by atoms with Gasteiger partial charge in [-0.1, -0.05) is 12.2 Å². The number of ketones is 2. The summed E-state index contributed by atoms with van der Waals surface area (Å²) in [5, 5.41) is 10.7. The van der Waals surface area contributed by atoms with Gasteiger partial charge >= 0.3 is 5.97 Å². The molecule has 4 bridgehead atoms. The number of hydrogen-bond donors (Lipinski definition) is 1. The summed E-state index contributed by atoms with van der Waals surface area (Å²) in [6, 6.07) is 0. The van der Waals surface area contributed by atoms with Crippen molar-refractivity contribution in [2.45, 2.75) is 81.6 Å². The van der Waals surface area contributed by atoms with E-state index < -0.39 is 41.6 Å². The SMILES string of the molecule is C=C(C)C1CC(=O)CC2OC(C)(CC2=O)CC2OC(=O)C3(OC23)C(O)C1. The van der Waals surface area contributed by atoms with Crippen LogP contribution in [0.2, 0.25) is 0 Å². The van der Waals surface area contributed by atoms with Gasteiger partial charge < -0.3 is 19.3 Å². The van der Waals surface area contributed by atoms with Gasteiger partial charge in [-0.3, -0.25) is 9.59 Å². The van der Waals surface area contributed by atoms with E-state index in [1.165, 1.54) is 0 Å². The Balaban J connectivity index is 1.66. The molecule has 4 saturated heterocycles. The van der Waals surface area contributed by atoms with Gasteiger partial charge in [0.25, 0.3) is 0 Å². The molecular formula is C19H24O7.